The molecule has 0 spiro atoms. The van der Waals surface area contributed by atoms with E-state index in [0.29, 0.717) is 6.54 Å². The van der Waals surface area contributed by atoms with Gasteiger partial charge >= 0.3 is 5.97 Å². The molecule has 1 amide bonds. The summed E-state index contributed by atoms with van der Waals surface area (Å²) in [6.45, 7) is 0.506. The molecule has 3 aliphatic rings. The van der Waals surface area contributed by atoms with Gasteiger partial charge < -0.3 is 10.1 Å². The highest BCUT2D eigenvalue weighted by Crippen LogP contribution is 2.59. The van der Waals surface area contributed by atoms with Gasteiger partial charge in [0.05, 0.1) is 16.7 Å². The number of rotatable bonds is 3. The Balaban J connectivity index is 1.49. The molecule has 2 saturated carbocycles. The van der Waals surface area contributed by atoms with Crippen molar-refractivity contribution in [2.24, 2.45) is 23.7 Å². The molecule has 5 heteroatoms. The average molecular weight is 350 g/mol. The van der Waals surface area contributed by atoms with E-state index in [1.807, 2.05) is 30.3 Å². The summed E-state index contributed by atoms with van der Waals surface area (Å²) in [5.74, 6) is -0.238. The maximum Gasteiger partial charge on any atom is 0.310 e. The standard InChI is InChI=1S/C16H16BrNO3/c17-13-9-6-10-12(16(20)21-14(10)13)11(9)15(19)18-7-8-4-2-1-3-5-8/h1-5,9-14H,6-7H2,(H,18,19)/t9-,10-,11-,12-,13+,14+/m1/s1. The molecule has 1 aromatic rings. The predicted octanol–water partition coefficient (Wildman–Crippen LogP) is 1.87. The molecule has 1 heterocycles. The molecule has 0 unspecified atom stereocenters. The Hall–Kier alpha value is -1.36. The Labute approximate surface area is 131 Å². The zero-order valence-electron chi connectivity index (χ0n) is 11.4. The fraction of sp³-hybridized carbons (Fsp3) is 0.500. The molecule has 1 saturated heterocycles. The number of fused-ring (bicyclic) bond motifs is 1. The number of amides is 1. The van der Waals surface area contributed by atoms with Crippen LogP contribution in [0.5, 0.6) is 0 Å². The van der Waals surface area contributed by atoms with Crippen molar-refractivity contribution in [1.29, 1.82) is 0 Å². The lowest BCUT2D eigenvalue weighted by atomic mass is 9.79. The number of halogens is 1. The van der Waals surface area contributed by atoms with Crippen molar-refractivity contribution < 1.29 is 14.3 Å². The Kier molecular flexibility index (Phi) is 3.06. The number of carbonyl (C=O) groups excluding carboxylic acids is 2. The zero-order valence-corrected chi connectivity index (χ0v) is 13.0. The van der Waals surface area contributed by atoms with Crippen LogP contribution in [0, 0.1) is 23.7 Å². The molecule has 3 fully saturated rings. The van der Waals surface area contributed by atoms with Crippen LogP contribution in [0.25, 0.3) is 0 Å². The predicted molar refractivity (Wildman–Crippen MR) is 79.5 cm³/mol. The van der Waals surface area contributed by atoms with Gasteiger partial charge in [-0.15, -0.1) is 0 Å². The lowest BCUT2D eigenvalue weighted by Crippen LogP contribution is -2.43. The van der Waals surface area contributed by atoms with E-state index < -0.39 is 0 Å². The number of benzene rings is 1. The van der Waals surface area contributed by atoms with Gasteiger partial charge in [0, 0.05) is 12.5 Å². The van der Waals surface area contributed by atoms with E-state index >= 15 is 0 Å². The minimum Gasteiger partial charge on any atom is -0.461 e. The van der Waals surface area contributed by atoms with Gasteiger partial charge in [0.2, 0.25) is 5.91 Å². The molecule has 1 N–H and O–H groups in total. The number of hydrogen-bond acceptors (Lipinski definition) is 3. The van der Waals surface area contributed by atoms with Gasteiger partial charge in [-0.3, -0.25) is 9.59 Å². The third-order valence-corrected chi connectivity index (χ3v) is 6.34. The monoisotopic (exact) mass is 349 g/mol. The second-order valence-corrected chi connectivity index (χ2v) is 7.22. The lowest BCUT2D eigenvalue weighted by molar-refractivity contribution is -0.145. The van der Waals surface area contributed by atoms with Crippen molar-refractivity contribution in [3.63, 3.8) is 0 Å². The molecule has 0 radical (unpaired) electrons. The van der Waals surface area contributed by atoms with E-state index in [1.54, 1.807) is 0 Å². The first-order chi connectivity index (χ1) is 10.2. The summed E-state index contributed by atoms with van der Waals surface area (Å²) >= 11 is 3.62. The normalized spacial score (nSPS) is 39.4. The molecule has 2 bridgehead atoms. The summed E-state index contributed by atoms with van der Waals surface area (Å²) in [4.78, 5) is 24.7. The molecule has 6 atom stereocenters. The number of ether oxygens (including phenoxy) is 1. The number of alkyl halides is 1. The van der Waals surface area contributed by atoms with Gasteiger partial charge in [-0.2, -0.15) is 0 Å². The number of esters is 1. The second kappa shape index (κ2) is 4.83. The topological polar surface area (TPSA) is 55.4 Å². The smallest absolute Gasteiger partial charge is 0.310 e. The van der Waals surface area contributed by atoms with E-state index in [4.69, 9.17) is 4.74 Å². The van der Waals surface area contributed by atoms with E-state index in [2.05, 4.69) is 21.2 Å². The molecular formula is C16H16BrNO3. The molecule has 2 aliphatic carbocycles. The third kappa shape index (κ3) is 1.94. The van der Waals surface area contributed by atoms with Crippen LogP contribution in [0.2, 0.25) is 0 Å². The van der Waals surface area contributed by atoms with Crippen LogP contribution < -0.4 is 5.32 Å². The molecule has 1 aromatic carbocycles. The summed E-state index contributed by atoms with van der Waals surface area (Å²) < 4.78 is 5.43. The minimum absolute atomic E-state index is 0.0156. The Morgan fingerprint density at radius 1 is 1.29 bits per heavy atom. The van der Waals surface area contributed by atoms with Crippen molar-refractivity contribution in [1.82, 2.24) is 5.32 Å². The molecule has 0 aromatic heterocycles. The van der Waals surface area contributed by atoms with Crippen LogP contribution in [-0.4, -0.2) is 22.8 Å². The lowest BCUT2D eigenvalue weighted by Gasteiger charge is -2.27. The van der Waals surface area contributed by atoms with E-state index in [0.717, 1.165) is 12.0 Å². The highest BCUT2D eigenvalue weighted by atomic mass is 79.9. The first-order valence-electron chi connectivity index (χ1n) is 7.33. The van der Waals surface area contributed by atoms with Gasteiger partial charge in [-0.05, 0) is 17.9 Å². The van der Waals surface area contributed by atoms with Crippen molar-refractivity contribution in [3.05, 3.63) is 35.9 Å². The number of carbonyl (C=O) groups is 2. The summed E-state index contributed by atoms with van der Waals surface area (Å²) in [7, 11) is 0. The highest BCUT2D eigenvalue weighted by molar-refractivity contribution is 9.09. The molecule has 1 aliphatic heterocycles. The largest absolute Gasteiger partial charge is 0.461 e. The number of hydrogen-bond donors (Lipinski definition) is 1. The number of nitrogens with one attached hydrogen (secondary N) is 1. The van der Waals surface area contributed by atoms with E-state index in [1.165, 1.54) is 0 Å². The summed E-state index contributed by atoms with van der Waals surface area (Å²) in [5, 5.41) is 2.98. The van der Waals surface area contributed by atoms with E-state index in [-0.39, 0.29) is 46.5 Å². The summed E-state index contributed by atoms with van der Waals surface area (Å²) in [6.07, 6.45) is 0.895. The summed E-state index contributed by atoms with van der Waals surface area (Å²) in [5.41, 5.74) is 1.07. The van der Waals surface area contributed by atoms with Gasteiger partial charge in [0.15, 0.2) is 0 Å². The molecule has 21 heavy (non-hydrogen) atoms. The van der Waals surface area contributed by atoms with Crippen LogP contribution in [0.3, 0.4) is 0 Å². The maximum atomic E-state index is 12.5. The zero-order chi connectivity index (χ0) is 14.6. The van der Waals surface area contributed by atoms with Crippen molar-refractivity contribution in [3.8, 4) is 0 Å². The van der Waals surface area contributed by atoms with Crippen LogP contribution >= 0.6 is 15.9 Å². The van der Waals surface area contributed by atoms with Crippen LogP contribution in [-0.2, 0) is 20.9 Å². The van der Waals surface area contributed by atoms with Crippen molar-refractivity contribution in [2.45, 2.75) is 23.9 Å². The minimum atomic E-state index is -0.241. The first-order valence-corrected chi connectivity index (χ1v) is 8.24. The van der Waals surface area contributed by atoms with Crippen molar-refractivity contribution >= 4 is 27.8 Å². The average Bonchev–Trinajstić information content (AvgIpc) is 3.10. The fourth-order valence-electron chi connectivity index (χ4n) is 4.23. The second-order valence-electron chi connectivity index (χ2n) is 6.16. The fourth-order valence-corrected chi connectivity index (χ4v) is 5.28. The molecule has 110 valence electrons. The van der Waals surface area contributed by atoms with E-state index in [9.17, 15) is 9.59 Å². The third-order valence-electron chi connectivity index (χ3n) is 5.14. The van der Waals surface area contributed by atoms with Crippen LogP contribution in [0.1, 0.15) is 12.0 Å². The van der Waals surface area contributed by atoms with Gasteiger partial charge in [0.25, 0.3) is 0 Å². The molecular weight excluding hydrogens is 334 g/mol. The maximum absolute atomic E-state index is 12.5. The Bertz CT molecular complexity index is 590. The quantitative estimate of drug-likeness (QED) is 0.669. The van der Waals surface area contributed by atoms with Gasteiger partial charge in [-0.1, -0.05) is 46.3 Å². The van der Waals surface area contributed by atoms with Crippen molar-refractivity contribution in [2.75, 3.05) is 0 Å². The highest BCUT2D eigenvalue weighted by Gasteiger charge is 2.67. The summed E-state index contributed by atoms with van der Waals surface area (Å²) in [6, 6.07) is 9.81. The molecule has 4 rings (SSSR count). The first kappa shape index (κ1) is 13.3. The molecule has 4 nitrogen and oxygen atoms in total. The van der Waals surface area contributed by atoms with Crippen LogP contribution in [0.4, 0.5) is 0 Å². The SMILES string of the molecule is O=C(NCc1ccccc1)[C@@H]1[C@H]2C[C@H]3[C@H](OC(=O)[C@H]31)[C@H]2Br. The Morgan fingerprint density at radius 2 is 2.05 bits per heavy atom. The van der Waals surface area contributed by atoms with Crippen LogP contribution in [0.15, 0.2) is 30.3 Å². The van der Waals surface area contributed by atoms with Gasteiger partial charge in [-0.25, -0.2) is 0 Å². The van der Waals surface area contributed by atoms with Gasteiger partial charge in [0.1, 0.15) is 6.10 Å². The Morgan fingerprint density at radius 3 is 2.81 bits per heavy atom.